The molecule has 3 aromatic rings. The molecule has 0 saturated heterocycles. The van der Waals surface area contributed by atoms with Gasteiger partial charge in [0.1, 0.15) is 6.54 Å². The lowest BCUT2D eigenvalue weighted by Crippen LogP contribution is -2.29. The normalized spacial score (nSPS) is 10.7. The van der Waals surface area contributed by atoms with Crippen LogP contribution in [-0.2, 0) is 16.1 Å². The Morgan fingerprint density at radius 2 is 1.77 bits per heavy atom. The van der Waals surface area contributed by atoms with Gasteiger partial charge in [0.25, 0.3) is 5.56 Å². The highest BCUT2D eigenvalue weighted by atomic mass is 35.5. The summed E-state index contributed by atoms with van der Waals surface area (Å²) < 4.78 is 6.20. The zero-order valence-electron chi connectivity index (χ0n) is 16.5. The number of hydrogen-bond donors (Lipinski definition) is 1. The molecule has 1 aromatic heterocycles. The zero-order valence-corrected chi connectivity index (χ0v) is 17.2. The number of carbonyl (C=O) groups is 2. The summed E-state index contributed by atoms with van der Waals surface area (Å²) in [7, 11) is 0. The van der Waals surface area contributed by atoms with E-state index in [2.05, 4.69) is 10.4 Å². The Hall–Kier alpha value is -3.45. The number of ether oxygens (including phenoxy) is 1. The molecule has 0 aliphatic rings. The molecule has 0 fully saturated rings. The highest BCUT2D eigenvalue weighted by molar-refractivity contribution is 6.33. The van der Waals surface area contributed by atoms with Crippen LogP contribution in [0.15, 0.2) is 65.5 Å². The number of benzene rings is 2. The van der Waals surface area contributed by atoms with Crippen molar-refractivity contribution >= 4 is 29.2 Å². The fourth-order valence-corrected chi connectivity index (χ4v) is 2.92. The van der Waals surface area contributed by atoms with Gasteiger partial charge in [-0.1, -0.05) is 29.8 Å². The number of nitrogens with one attached hydrogen (secondary N) is 1. The topological polar surface area (TPSA) is 90.3 Å². The standard InChI is InChI=1S/C22H20ClN3O4/c1-14(2)30-22(29)15-7-9-16(10-8-15)24-20(27)13-26-21(28)12-11-19(25-26)17-5-3-4-6-18(17)23/h3-12,14H,13H2,1-2H3,(H,24,27). The third-order valence-corrected chi connectivity index (χ3v) is 4.39. The molecule has 0 atom stereocenters. The predicted octanol–water partition coefficient (Wildman–Crippen LogP) is 3.77. The van der Waals surface area contributed by atoms with Gasteiger partial charge in [-0.3, -0.25) is 9.59 Å². The van der Waals surface area contributed by atoms with Gasteiger partial charge in [0.05, 0.1) is 22.4 Å². The van der Waals surface area contributed by atoms with E-state index in [1.165, 1.54) is 6.07 Å². The summed E-state index contributed by atoms with van der Waals surface area (Å²) in [5, 5.41) is 7.42. The van der Waals surface area contributed by atoms with Crippen molar-refractivity contribution < 1.29 is 14.3 Å². The van der Waals surface area contributed by atoms with E-state index in [-0.39, 0.29) is 12.6 Å². The average molecular weight is 426 g/mol. The second kappa shape index (κ2) is 9.37. The Bertz CT molecular complexity index is 1120. The molecule has 0 unspecified atom stereocenters. The van der Waals surface area contributed by atoms with Crippen LogP contribution in [0.25, 0.3) is 11.3 Å². The lowest BCUT2D eigenvalue weighted by Gasteiger charge is -2.10. The van der Waals surface area contributed by atoms with Gasteiger partial charge in [-0.15, -0.1) is 0 Å². The minimum absolute atomic E-state index is 0.218. The number of nitrogens with zero attached hydrogens (tertiary/aromatic N) is 2. The van der Waals surface area contributed by atoms with Gasteiger partial charge in [-0.05, 0) is 50.2 Å². The van der Waals surface area contributed by atoms with Crippen LogP contribution in [0.3, 0.4) is 0 Å². The van der Waals surface area contributed by atoms with E-state index in [1.54, 1.807) is 62.4 Å². The third kappa shape index (κ3) is 5.33. The molecule has 1 N–H and O–H groups in total. The maximum atomic E-state index is 12.4. The van der Waals surface area contributed by atoms with Crippen LogP contribution in [0.2, 0.25) is 5.02 Å². The number of amides is 1. The minimum Gasteiger partial charge on any atom is -0.459 e. The largest absolute Gasteiger partial charge is 0.459 e. The van der Waals surface area contributed by atoms with Crippen LogP contribution in [-0.4, -0.2) is 27.8 Å². The van der Waals surface area contributed by atoms with E-state index in [9.17, 15) is 14.4 Å². The quantitative estimate of drug-likeness (QED) is 0.607. The molecule has 0 saturated carbocycles. The molecule has 0 radical (unpaired) electrons. The summed E-state index contributed by atoms with van der Waals surface area (Å²) in [6.45, 7) is 3.26. The molecule has 0 spiro atoms. The Morgan fingerprint density at radius 3 is 2.43 bits per heavy atom. The van der Waals surface area contributed by atoms with Crippen molar-refractivity contribution in [1.29, 1.82) is 0 Å². The number of hydrogen-bond acceptors (Lipinski definition) is 5. The second-order valence-electron chi connectivity index (χ2n) is 6.77. The highest BCUT2D eigenvalue weighted by Crippen LogP contribution is 2.24. The monoisotopic (exact) mass is 425 g/mol. The van der Waals surface area contributed by atoms with E-state index < -0.39 is 17.4 Å². The van der Waals surface area contributed by atoms with Crippen molar-refractivity contribution in [3.63, 3.8) is 0 Å². The molecule has 0 aliphatic carbocycles. The molecule has 2 aromatic carbocycles. The van der Waals surface area contributed by atoms with E-state index in [1.807, 2.05) is 6.07 Å². The first-order chi connectivity index (χ1) is 14.3. The summed E-state index contributed by atoms with van der Waals surface area (Å²) in [5.41, 5.74) is 1.61. The van der Waals surface area contributed by atoms with Crippen LogP contribution in [0, 0.1) is 0 Å². The van der Waals surface area contributed by atoms with E-state index >= 15 is 0 Å². The molecule has 30 heavy (non-hydrogen) atoms. The van der Waals surface area contributed by atoms with Gasteiger partial charge >= 0.3 is 5.97 Å². The van der Waals surface area contributed by atoms with Crippen molar-refractivity contribution in [2.24, 2.45) is 0 Å². The maximum Gasteiger partial charge on any atom is 0.338 e. The van der Waals surface area contributed by atoms with Crippen LogP contribution in [0.4, 0.5) is 5.69 Å². The van der Waals surface area contributed by atoms with Crippen molar-refractivity contribution in [2.75, 3.05) is 5.32 Å². The zero-order chi connectivity index (χ0) is 21.7. The lowest BCUT2D eigenvalue weighted by molar-refractivity contribution is -0.117. The van der Waals surface area contributed by atoms with E-state index in [0.29, 0.717) is 27.5 Å². The smallest absolute Gasteiger partial charge is 0.338 e. The van der Waals surface area contributed by atoms with Gasteiger partial charge in [0, 0.05) is 17.3 Å². The van der Waals surface area contributed by atoms with Gasteiger partial charge in [-0.25, -0.2) is 9.48 Å². The van der Waals surface area contributed by atoms with Crippen molar-refractivity contribution in [3.05, 3.63) is 81.6 Å². The fourth-order valence-electron chi connectivity index (χ4n) is 2.68. The van der Waals surface area contributed by atoms with Crippen LogP contribution < -0.4 is 10.9 Å². The number of aromatic nitrogens is 2. The summed E-state index contributed by atoms with van der Waals surface area (Å²) in [6.07, 6.45) is -0.218. The van der Waals surface area contributed by atoms with E-state index in [0.717, 1.165) is 4.68 Å². The first-order valence-electron chi connectivity index (χ1n) is 9.27. The summed E-state index contributed by atoms with van der Waals surface area (Å²) in [4.78, 5) is 36.4. The molecule has 1 amide bonds. The fraction of sp³-hybridized carbons (Fsp3) is 0.182. The summed E-state index contributed by atoms with van der Waals surface area (Å²) >= 11 is 6.19. The van der Waals surface area contributed by atoms with Crippen LogP contribution in [0.1, 0.15) is 24.2 Å². The third-order valence-electron chi connectivity index (χ3n) is 4.06. The van der Waals surface area contributed by atoms with Crippen molar-refractivity contribution in [3.8, 4) is 11.3 Å². The lowest BCUT2D eigenvalue weighted by atomic mass is 10.1. The number of halogens is 1. The van der Waals surface area contributed by atoms with E-state index in [4.69, 9.17) is 16.3 Å². The molecule has 8 heteroatoms. The Kier molecular flexibility index (Phi) is 6.64. The number of esters is 1. The minimum atomic E-state index is -0.435. The van der Waals surface area contributed by atoms with Crippen LogP contribution >= 0.6 is 11.6 Å². The average Bonchev–Trinajstić information content (AvgIpc) is 2.70. The molecule has 0 aliphatic heterocycles. The summed E-state index contributed by atoms with van der Waals surface area (Å²) in [5.74, 6) is -0.867. The van der Waals surface area contributed by atoms with Crippen LogP contribution in [0.5, 0.6) is 0 Å². The first kappa shape index (κ1) is 21.3. The SMILES string of the molecule is CC(C)OC(=O)c1ccc(NC(=O)Cn2nc(-c3ccccc3Cl)ccc2=O)cc1. The predicted molar refractivity (Wildman–Crippen MR) is 115 cm³/mol. The van der Waals surface area contributed by atoms with Gasteiger partial charge < -0.3 is 10.1 Å². The Labute approximate surface area is 178 Å². The second-order valence-corrected chi connectivity index (χ2v) is 7.18. The first-order valence-corrected chi connectivity index (χ1v) is 9.65. The van der Waals surface area contributed by atoms with Gasteiger partial charge in [-0.2, -0.15) is 5.10 Å². The Balaban J connectivity index is 1.71. The molecular formula is C22H20ClN3O4. The summed E-state index contributed by atoms with van der Waals surface area (Å²) in [6, 6.07) is 16.3. The van der Waals surface area contributed by atoms with Crippen molar-refractivity contribution in [1.82, 2.24) is 9.78 Å². The molecule has 7 nitrogen and oxygen atoms in total. The number of rotatable bonds is 6. The van der Waals surface area contributed by atoms with Crippen molar-refractivity contribution in [2.45, 2.75) is 26.5 Å². The Morgan fingerprint density at radius 1 is 1.07 bits per heavy atom. The number of carbonyl (C=O) groups excluding carboxylic acids is 2. The molecule has 154 valence electrons. The molecule has 3 rings (SSSR count). The van der Waals surface area contributed by atoms with Gasteiger partial charge in [0.15, 0.2) is 0 Å². The molecule has 1 heterocycles. The highest BCUT2D eigenvalue weighted by Gasteiger charge is 2.12. The van der Waals surface area contributed by atoms with Gasteiger partial charge in [0.2, 0.25) is 5.91 Å². The number of anilines is 1. The molecular weight excluding hydrogens is 406 g/mol. The maximum absolute atomic E-state index is 12.4. The molecule has 0 bridgehead atoms.